The van der Waals surface area contributed by atoms with Gasteiger partial charge in [0.25, 0.3) is 0 Å². The molecule has 0 aliphatic rings. The average Bonchev–Trinajstić information content (AvgIpc) is 2.78. The quantitative estimate of drug-likeness (QED) is 0.465. The number of methoxy groups -OCH3 is 1. The van der Waals surface area contributed by atoms with Crippen LogP contribution in [0.3, 0.4) is 0 Å². The van der Waals surface area contributed by atoms with Crippen molar-refractivity contribution in [3.63, 3.8) is 0 Å². The van der Waals surface area contributed by atoms with E-state index in [-0.39, 0.29) is 6.42 Å². The van der Waals surface area contributed by atoms with Gasteiger partial charge in [0.05, 0.1) is 13.5 Å². The van der Waals surface area contributed by atoms with Crippen LogP contribution in [0.4, 0.5) is 0 Å². The second kappa shape index (κ2) is 10.6. The van der Waals surface area contributed by atoms with Crippen LogP contribution in [-0.4, -0.2) is 30.3 Å². The SMILES string of the molecule is COC(=O)Cc1ccccc1OC(CCc1ccc(-c2ccc(Cl)cc2)cc1)C(=O)O. The second-order valence-electron chi connectivity index (χ2n) is 7.05. The van der Waals surface area contributed by atoms with Crippen molar-refractivity contribution in [2.24, 2.45) is 0 Å². The highest BCUT2D eigenvalue weighted by molar-refractivity contribution is 6.30. The van der Waals surface area contributed by atoms with E-state index in [9.17, 15) is 14.7 Å². The number of para-hydroxylation sites is 1. The van der Waals surface area contributed by atoms with Gasteiger partial charge in [-0.25, -0.2) is 4.79 Å². The summed E-state index contributed by atoms with van der Waals surface area (Å²) in [5.74, 6) is -1.09. The summed E-state index contributed by atoms with van der Waals surface area (Å²) in [5.41, 5.74) is 3.72. The van der Waals surface area contributed by atoms with E-state index < -0.39 is 18.0 Å². The number of rotatable bonds is 9. The lowest BCUT2D eigenvalue weighted by Gasteiger charge is -2.17. The summed E-state index contributed by atoms with van der Waals surface area (Å²) in [6.45, 7) is 0. The molecule has 0 fully saturated rings. The molecule has 0 bridgehead atoms. The number of carbonyl (C=O) groups is 2. The average molecular weight is 439 g/mol. The second-order valence-corrected chi connectivity index (χ2v) is 7.48. The lowest BCUT2D eigenvalue weighted by Crippen LogP contribution is -2.28. The van der Waals surface area contributed by atoms with E-state index in [1.807, 2.05) is 48.5 Å². The smallest absolute Gasteiger partial charge is 0.344 e. The lowest BCUT2D eigenvalue weighted by atomic mass is 10.0. The standard InChI is InChI=1S/C25H23ClO5/c1-30-24(27)16-20-4-2-3-5-22(20)31-23(25(28)29)15-8-17-6-9-18(10-7-17)19-11-13-21(26)14-12-19/h2-7,9-14,23H,8,15-16H2,1H3,(H,28,29). The van der Waals surface area contributed by atoms with Gasteiger partial charge in [-0.15, -0.1) is 0 Å². The molecule has 3 rings (SSSR count). The van der Waals surface area contributed by atoms with Crippen LogP contribution in [-0.2, 0) is 27.2 Å². The predicted molar refractivity (Wildman–Crippen MR) is 119 cm³/mol. The predicted octanol–water partition coefficient (Wildman–Crippen LogP) is 5.19. The van der Waals surface area contributed by atoms with Crippen LogP contribution >= 0.6 is 11.6 Å². The molecule has 0 amide bonds. The van der Waals surface area contributed by atoms with Gasteiger partial charge in [-0.1, -0.05) is 66.2 Å². The van der Waals surface area contributed by atoms with Gasteiger partial charge in [0.2, 0.25) is 0 Å². The van der Waals surface area contributed by atoms with Crippen molar-refractivity contribution in [3.05, 3.63) is 88.9 Å². The van der Waals surface area contributed by atoms with Crippen molar-refractivity contribution >= 4 is 23.5 Å². The molecule has 6 heteroatoms. The van der Waals surface area contributed by atoms with Crippen molar-refractivity contribution in [1.82, 2.24) is 0 Å². The minimum atomic E-state index is -1.05. The largest absolute Gasteiger partial charge is 0.479 e. The molecule has 1 unspecified atom stereocenters. The van der Waals surface area contributed by atoms with E-state index in [2.05, 4.69) is 0 Å². The summed E-state index contributed by atoms with van der Waals surface area (Å²) >= 11 is 5.94. The van der Waals surface area contributed by atoms with Crippen molar-refractivity contribution in [3.8, 4) is 16.9 Å². The molecule has 3 aromatic carbocycles. The number of benzene rings is 3. The zero-order chi connectivity index (χ0) is 22.2. The van der Waals surface area contributed by atoms with Crippen molar-refractivity contribution in [2.75, 3.05) is 7.11 Å². The first-order chi connectivity index (χ1) is 15.0. The number of esters is 1. The van der Waals surface area contributed by atoms with E-state index >= 15 is 0 Å². The van der Waals surface area contributed by atoms with Crippen LogP contribution in [0.2, 0.25) is 5.02 Å². The number of aryl methyl sites for hydroxylation is 1. The molecular weight excluding hydrogens is 416 g/mol. The van der Waals surface area contributed by atoms with Gasteiger partial charge in [-0.3, -0.25) is 4.79 Å². The number of ether oxygens (including phenoxy) is 2. The van der Waals surface area contributed by atoms with E-state index in [0.29, 0.717) is 29.2 Å². The minimum Gasteiger partial charge on any atom is -0.479 e. The Labute approximate surface area is 186 Å². The first-order valence-electron chi connectivity index (χ1n) is 9.85. The number of halogens is 1. The fraction of sp³-hybridized carbons (Fsp3) is 0.200. The van der Waals surface area contributed by atoms with Gasteiger partial charge in [0.15, 0.2) is 6.10 Å². The molecule has 3 aromatic rings. The van der Waals surface area contributed by atoms with Gasteiger partial charge < -0.3 is 14.6 Å². The zero-order valence-corrected chi connectivity index (χ0v) is 17.8. The Hall–Kier alpha value is -3.31. The number of hydrogen-bond donors (Lipinski definition) is 1. The highest BCUT2D eigenvalue weighted by Gasteiger charge is 2.21. The highest BCUT2D eigenvalue weighted by Crippen LogP contribution is 2.24. The van der Waals surface area contributed by atoms with Gasteiger partial charge in [-0.05, 0) is 47.7 Å². The zero-order valence-electron chi connectivity index (χ0n) is 17.1. The maximum absolute atomic E-state index is 11.8. The van der Waals surface area contributed by atoms with Crippen LogP contribution < -0.4 is 4.74 Å². The number of hydrogen-bond acceptors (Lipinski definition) is 4. The fourth-order valence-corrected chi connectivity index (χ4v) is 3.31. The number of aliphatic carboxylic acids is 1. The van der Waals surface area contributed by atoms with Crippen LogP contribution in [0.5, 0.6) is 5.75 Å². The summed E-state index contributed by atoms with van der Waals surface area (Å²) in [6.07, 6.45) is -0.181. The molecule has 0 spiro atoms. The third-order valence-corrected chi connectivity index (χ3v) is 5.16. The van der Waals surface area contributed by atoms with E-state index in [1.165, 1.54) is 7.11 Å². The number of carbonyl (C=O) groups excluding carboxylic acids is 1. The molecule has 5 nitrogen and oxygen atoms in total. The first kappa shape index (κ1) is 22.4. The summed E-state index contributed by atoms with van der Waals surface area (Å²) in [6, 6.07) is 22.5. The molecule has 0 heterocycles. The monoisotopic (exact) mass is 438 g/mol. The van der Waals surface area contributed by atoms with Crippen molar-refractivity contribution in [1.29, 1.82) is 0 Å². The molecule has 0 aliphatic heterocycles. The molecule has 0 radical (unpaired) electrons. The van der Waals surface area contributed by atoms with Crippen molar-refractivity contribution in [2.45, 2.75) is 25.4 Å². The lowest BCUT2D eigenvalue weighted by molar-refractivity contribution is -0.145. The summed E-state index contributed by atoms with van der Waals surface area (Å²) < 4.78 is 10.5. The maximum atomic E-state index is 11.8. The number of carboxylic acid groups (broad SMARTS) is 1. The topological polar surface area (TPSA) is 72.8 Å². The van der Waals surface area contributed by atoms with Crippen molar-refractivity contribution < 1.29 is 24.2 Å². The molecule has 1 N–H and O–H groups in total. The Morgan fingerprint density at radius 3 is 2.16 bits per heavy atom. The number of carboxylic acids is 1. The van der Waals surface area contributed by atoms with Crippen LogP contribution in [0, 0.1) is 0 Å². The molecule has 1 atom stereocenters. The third-order valence-electron chi connectivity index (χ3n) is 4.91. The molecule has 0 saturated heterocycles. The third kappa shape index (κ3) is 6.33. The van der Waals surface area contributed by atoms with E-state index in [0.717, 1.165) is 16.7 Å². The highest BCUT2D eigenvalue weighted by atomic mass is 35.5. The molecule has 0 saturated carbocycles. The minimum absolute atomic E-state index is 0.0190. The summed E-state index contributed by atoms with van der Waals surface area (Å²) in [4.78, 5) is 23.4. The summed E-state index contributed by atoms with van der Waals surface area (Å²) in [7, 11) is 1.31. The molecular formula is C25H23ClO5. The fourth-order valence-electron chi connectivity index (χ4n) is 3.18. The first-order valence-corrected chi connectivity index (χ1v) is 10.2. The Kier molecular flexibility index (Phi) is 7.68. The Morgan fingerprint density at radius 2 is 1.55 bits per heavy atom. The van der Waals surface area contributed by atoms with Gasteiger partial charge in [-0.2, -0.15) is 0 Å². The van der Waals surface area contributed by atoms with Crippen LogP contribution in [0.25, 0.3) is 11.1 Å². The van der Waals surface area contributed by atoms with Crippen LogP contribution in [0.15, 0.2) is 72.8 Å². The summed E-state index contributed by atoms with van der Waals surface area (Å²) in [5, 5.41) is 10.3. The van der Waals surface area contributed by atoms with Gasteiger partial charge in [0, 0.05) is 10.6 Å². The van der Waals surface area contributed by atoms with E-state index in [1.54, 1.807) is 24.3 Å². The van der Waals surface area contributed by atoms with Crippen LogP contribution in [0.1, 0.15) is 17.5 Å². The molecule has 0 aromatic heterocycles. The van der Waals surface area contributed by atoms with Gasteiger partial charge in [0.1, 0.15) is 5.75 Å². The van der Waals surface area contributed by atoms with Gasteiger partial charge >= 0.3 is 11.9 Å². The molecule has 31 heavy (non-hydrogen) atoms. The Balaban J connectivity index is 1.66. The Morgan fingerprint density at radius 1 is 0.935 bits per heavy atom. The Bertz CT molecular complexity index is 1030. The molecule has 0 aliphatic carbocycles. The van der Waals surface area contributed by atoms with E-state index in [4.69, 9.17) is 21.1 Å². The maximum Gasteiger partial charge on any atom is 0.344 e. The molecule has 160 valence electrons. The normalized spacial score (nSPS) is 11.5.